The number of thiazole rings is 1. The Morgan fingerprint density at radius 2 is 2.25 bits per heavy atom. The highest BCUT2D eigenvalue weighted by Crippen LogP contribution is 2.28. The van der Waals surface area contributed by atoms with E-state index in [1.807, 2.05) is 0 Å². The highest BCUT2D eigenvalue weighted by molar-refractivity contribution is 7.13. The molecule has 0 atom stereocenters. The van der Waals surface area contributed by atoms with Crippen LogP contribution in [0.2, 0.25) is 0 Å². The smallest absolute Gasteiger partial charge is 0.349 e. The van der Waals surface area contributed by atoms with E-state index in [2.05, 4.69) is 15.0 Å². The van der Waals surface area contributed by atoms with Gasteiger partial charge in [0.15, 0.2) is 0 Å². The molecule has 2 rings (SSSR count). The lowest BCUT2D eigenvalue weighted by Crippen LogP contribution is -2.26. The van der Waals surface area contributed by atoms with Crippen molar-refractivity contribution < 1.29 is 9.53 Å². The second kappa shape index (κ2) is 6.18. The number of methoxy groups -OCH3 is 1. The topological polar surface area (TPSA) is 51.2 Å². The molecule has 0 bridgehead atoms. The first kappa shape index (κ1) is 13.4. The van der Waals surface area contributed by atoms with Gasteiger partial charge in [-0.1, -0.05) is 0 Å². The number of halogens is 1. The zero-order valence-corrected chi connectivity index (χ0v) is 10.7. The van der Waals surface area contributed by atoms with Crippen LogP contribution in [0.4, 0.5) is 0 Å². The molecule has 0 spiro atoms. The molecular weight excluding hydrogens is 248 g/mol. The first-order chi connectivity index (χ1) is 7.31. The van der Waals surface area contributed by atoms with Gasteiger partial charge in [0.2, 0.25) is 0 Å². The number of carbonyl (C=O) groups excluding carboxylic acids is 1. The number of ether oxygens (including phenoxy) is 1. The van der Waals surface area contributed by atoms with Gasteiger partial charge >= 0.3 is 5.97 Å². The van der Waals surface area contributed by atoms with Crippen LogP contribution in [-0.4, -0.2) is 31.2 Å². The Hall–Kier alpha value is -0.650. The van der Waals surface area contributed by atoms with Crippen LogP contribution < -0.4 is 5.32 Å². The molecule has 4 nitrogen and oxygen atoms in total. The summed E-state index contributed by atoms with van der Waals surface area (Å²) in [5.74, 6) is 0.224. The van der Waals surface area contributed by atoms with Crippen LogP contribution in [0.25, 0.3) is 0 Å². The zero-order chi connectivity index (χ0) is 10.7. The summed E-state index contributed by atoms with van der Waals surface area (Å²) in [4.78, 5) is 16.1. The third-order valence-electron chi connectivity index (χ3n) is 2.60. The largest absolute Gasteiger partial charge is 0.465 e. The summed E-state index contributed by atoms with van der Waals surface area (Å²) in [6, 6.07) is 0. The van der Waals surface area contributed by atoms with Gasteiger partial charge in [0, 0.05) is 5.92 Å². The molecule has 1 aromatic rings. The molecule has 6 heteroatoms. The number of hydrogen-bond donors (Lipinski definition) is 1. The van der Waals surface area contributed by atoms with Crippen molar-refractivity contribution in [3.8, 4) is 0 Å². The second-order valence-electron chi connectivity index (χ2n) is 3.58. The molecule has 2 heterocycles. The quantitative estimate of drug-likeness (QED) is 0.826. The van der Waals surface area contributed by atoms with Gasteiger partial charge in [-0.15, -0.1) is 23.7 Å². The van der Waals surface area contributed by atoms with E-state index in [0.29, 0.717) is 10.8 Å². The molecule has 0 amide bonds. The lowest BCUT2D eigenvalue weighted by molar-refractivity contribution is 0.0606. The van der Waals surface area contributed by atoms with E-state index in [1.165, 1.54) is 18.4 Å². The van der Waals surface area contributed by atoms with Crippen LogP contribution in [0.5, 0.6) is 0 Å². The van der Waals surface area contributed by atoms with Gasteiger partial charge in [-0.2, -0.15) is 0 Å². The predicted molar refractivity (Wildman–Crippen MR) is 65.5 cm³/mol. The Balaban J connectivity index is 0.00000128. The number of nitrogens with zero attached hydrogens (tertiary/aromatic N) is 1. The third-order valence-corrected chi connectivity index (χ3v) is 3.74. The van der Waals surface area contributed by atoms with E-state index < -0.39 is 0 Å². The fraction of sp³-hybridized carbons (Fsp3) is 0.600. The highest BCUT2D eigenvalue weighted by Gasteiger charge is 2.20. The van der Waals surface area contributed by atoms with Crippen molar-refractivity contribution >= 4 is 29.7 Å². The van der Waals surface area contributed by atoms with Crippen LogP contribution in [0.15, 0.2) is 6.20 Å². The molecule has 90 valence electrons. The van der Waals surface area contributed by atoms with Crippen LogP contribution in [-0.2, 0) is 4.74 Å². The summed E-state index contributed by atoms with van der Waals surface area (Å²) in [5.41, 5.74) is 0. The van der Waals surface area contributed by atoms with E-state index in [1.54, 1.807) is 6.20 Å². The Kier molecular flexibility index (Phi) is 5.18. The summed E-state index contributed by atoms with van der Waals surface area (Å²) >= 11 is 1.46. The number of aromatic nitrogens is 1. The monoisotopic (exact) mass is 262 g/mol. The van der Waals surface area contributed by atoms with Crippen molar-refractivity contribution in [2.75, 3.05) is 20.2 Å². The number of carbonyl (C=O) groups is 1. The second-order valence-corrected chi connectivity index (χ2v) is 4.64. The Labute approximate surface area is 105 Å². The number of hydrogen-bond acceptors (Lipinski definition) is 5. The van der Waals surface area contributed by atoms with E-state index in [-0.39, 0.29) is 18.4 Å². The van der Waals surface area contributed by atoms with Gasteiger partial charge in [0.25, 0.3) is 0 Å². The molecule has 0 radical (unpaired) electrons. The summed E-state index contributed by atoms with van der Waals surface area (Å²) in [7, 11) is 1.40. The zero-order valence-electron chi connectivity index (χ0n) is 9.06. The molecule has 16 heavy (non-hydrogen) atoms. The fourth-order valence-electron chi connectivity index (χ4n) is 1.74. The maximum Gasteiger partial charge on any atom is 0.349 e. The summed E-state index contributed by atoms with van der Waals surface area (Å²) in [5, 5.41) is 4.38. The molecule has 0 unspecified atom stereocenters. The number of nitrogens with one attached hydrogen (secondary N) is 1. The maximum absolute atomic E-state index is 11.2. The minimum Gasteiger partial charge on any atom is -0.465 e. The molecular formula is C10H15ClN2O2S. The molecule has 1 aliphatic heterocycles. The number of esters is 1. The molecule has 1 aromatic heterocycles. The summed E-state index contributed by atoms with van der Waals surface area (Å²) in [6.07, 6.45) is 3.83. The first-order valence-electron chi connectivity index (χ1n) is 5.06. The Bertz CT molecular complexity index is 350. The van der Waals surface area contributed by atoms with Crippen molar-refractivity contribution in [3.05, 3.63) is 16.1 Å². The van der Waals surface area contributed by atoms with Crippen molar-refractivity contribution in [1.29, 1.82) is 0 Å². The number of rotatable bonds is 2. The van der Waals surface area contributed by atoms with Gasteiger partial charge in [0.05, 0.1) is 18.3 Å². The van der Waals surface area contributed by atoms with Gasteiger partial charge < -0.3 is 10.1 Å². The minimum atomic E-state index is -0.285. The first-order valence-corrected chi connectivity index (χ1v) is 5.87. The summed E-state index contributed by atoms with van der Waals surface area (Å²) in [6.45, 7) is 2.08. The summed E-state index contributed by atoms with van der Waals surface area (Å²) < 4.78 is 4.66. The molecule has 0 saturated carbocycles. The molecule has 1 aliphatic rings. The Morgan fingerprint density at radius 3 is 2.88 bits per heavy atom. The standard InChI is InChI=1S/C10H14N2O2S.ClH/c1-14-10(13)8-6-12-9(15-8)7-2-4-11-5-3-7;/h6-7,11H,2-5H2,1H3;1H. The molecule has 1 saturated heterocycles. The predicted octanol–water partition coefficient (Wildman–Crippen LogP) is 1.82. The average molecular weight is 263 g/mol. The van der Waals surface area contributed by atoms with Crippen LogP contribution in [0.1, 0.15) is 33.4 Å². The van der Waals surface area contributed by atoms with E-state index in [0.717, 1.165) is 30.9 Å². The van der Waals surface area contributed by atoms with Crippen LogP contribution in [0.3, 0.4) is 0 Å². The SMILES string of the molecule is COC(=O)c1cnc(C2CCNCC2)s1.Cl. The van der Waals surface area contributed by atoms with Crippen molar-refractivity contribution in [1.82, 2.24) is 10.3 Å². The van der Waals surface area contributed by atoms with Crippen LogP contribution >= 0.6 is 23.7 Å². The fourth-order valence-corrected chi connectivity index (χ4v) is 2.75. The molecule has 0 aliphatic carbocycles. The van der Waals surface area contributed by atoms with E-state index in [9.17, 15) is 4.79 Å². The number of piperidine rings is 1. The van der Waals surface area contributed by atoms with Gasteiger partial charge in [-0.3, -0.25) is 0 Å². The van der Waals surface area contributed by atoms with E-state index >= 15 is 0 Å². The molecule has 0 aromatic carbocycles. The molecule has 1 fully saturated rings. The average Bonchev–Trinajstić information content (AvgIpc) is 2.78. The molecule has 1 N–H and O–H groups in total. The highest BCUT2D eigenvalue weighted by atomic mass is 35.5. The van der Waals surface area contributed by atoms with Gasteiger partial charge in [0.1, 0.15) is 4.88 Å². The lowest BCUT2D eigenvalue weighted by Gasteiger charge is -2.20. The lowest BCUT2D eigenvalue weighted by atomic mass is 9.99. The van der Waals surface area contributed by atoms with Crippen molar-refractivity contribution in [3.63, 3.8) is 0 Å². The van der Waals surface area contributed by atoms with Crippen LogP contribution in [0, 0.1) is 0 Å². The van der Waals surface area contributed by atoms with Crippen molar-refractivity contribution in [2.24, 2.45) is 0 Å². The normalized spacial score (nSPS) is 16.6. The van der Waals surface area contributed by atoms with Gasteiger partial charge in [-0.05, 0) is 25.9 Å². The maximum atomic E-state index is 11.2. The van der Waals surface area contributed by atoms with Gasteiger partial charge in [-0.25, -0.2) is 9.78 Å². The Morgan fingerprint density at radius 1 is 1.56 bits per heavy atom. The third kappa shape index (κ3) is 2.93. The minimum absolute atomic E-state index is 0. The van der Waals surface area contributed by atoms with E-state index in [4.69, 9.17) is 0 Å². The van der Waals surface area contributed by atoms with Crippen molar-refractivity contribution in [2.45, 2.75) is 18.8 Å².